The molecule has 23 heavy (non-hydrogen) atoms. The van der Waals surface area contributed by atoms with Crippen molar-refractivity contribution in [2.75, 3.05) is 0 Å². The number of esters is 2. The predicted octanol–water partition coefficient (Wildman–Crippen LogP) is 4.23. The summed E-state index contributed by atoms with van der Waals surface area (Å²) < 4.78 is 23.5. The van der Waals surface area contributed by atoms with Crippen LogP contribution in [-0.4, -0.2) is 18.0 Å². The number of hydrogen-bond acceptors (Lipinski definition) is 4. The van der Waals surface area contributed by atoms with Crippen LogP contribution in [0.4, 0.5) is 4.39 Å². The first-order valence-electron chi connectivity index (χ1n) is 7.05. The fourth-order valence-electron chi connectivity index (χ4n) is 1.71. The van der Waals surface area contributed by atoms with Crippen LogP contribution in [0.25, 0.3) is 0 Å². The molecule has 1 unspecified atom stereocenters. The molecule has 0 radical (unpaired) electrons. The van der Waals surface area contributed by atoms with Crippen molar-refractivity contribution in [2.24, 2.45) is 0 Å². The van der Waals surface area contributed by atoms with Crippen LogP contribution in [0, 0.1) is 5.82 Å². The number of rotatable bonds is 9. The van der Waals surface area contributed by atoms with Gasteiger partial charge >= 0.3 is 11.9 Å². The molecule has 0 bridgehead atoms. The zero-order valence-electron chi connectivity index (χ0n) is 12.6. The normalized spacial score (nSPS) is 11.4. The summed E-state index contributed by atoms with van der Waals surface area (Å²) in [4.78, 5) is 23.2. The van der Waals surface area contributed by atoms with Crippen molar-refractivity contribution in [3.8, 4) is 5.75 Å². The van der Waals surface area contributed by atoms with Crippen LogP contribution >= 0.6 is 11.6 Å². The summed E-state index contributed by atoms with van der Waals surface area (Å²) in [6.45, 7) is 7.11. The number of benzene rings is 1. The summed E-state index contributed by atoms with van der Waals surface area (Å²) in [5.41, 5.74) is 0. The van der Waals surface area contributed by atoms with Crippen molar-refractivity contribution in [2.45, 2.75) is 31.8 Å². The summed E-state index contributed by atoms with van der Waals surface area (Å²) in [6, 6.07) is 3.96. The summed E-state index contributed by atoms with van der Waals surface area (Å²) in [5, 5.41) is 0.0102. The molecular formula is C17H18ClFO4. The number of carbonyl (C=O) groups is 2. The molecule has 1 rings (SSSR count). The zero-order chi connectivity index (χ0) is 17.2. The fourth-order valence-corrected chi connectivity index (χ4v) is 1.91. The summed E-state index contributed by atoms with van der Waals surface area (Å²) in [7, 11) is 0. The number of para-hydroxylation sites is 1. The Morgan fingerprint density at radius 1 is 1.26 bits per heavy atom. The van der Waals surface area contributed by atoms with E-state index in [1.165, 1.54) is 18.2 Å². The number of halogens is 2. The first-order chi connectivity index (χ1) is 11.0. The third-order valence-corrected chi connectivity index (χ3v) is 3.14. The Kier molecular flexibility index (Phi) is 8.05. The quantitative estimate of drug-likeness (QED) is 0.383. The Labute approximate surface area is 139 Å². The second-order valence-electron chi connectivity index (χ2n) is 4.67. The highest BCUT2D eigenvalue weighted by Crippen LogP contribution is 2.27. The van der Waals surface area contributed by atoms with Crippen molar-refractivity contribution in [1.29, 1.82) is 0 Å². The van der Waals surface area contributed by atoms with E-state index in [1.807, 2.05) is 0 Å². The lowest BCUT2D eigenvalue weighted by atomic mass is 10.2. The topological polar surface area (TPSA) is 52.6 Å². The summed E-state index contributed by atoms with van der Waals surface area (Å²) in [6.07, 6.45) is 3.39. The van der Waals surface area contributed by atoms with Crippen LogP contribution in [-0.2, 0) is 14.3 Å². The molecule has 1 aromatic carbocycles. The Morgan fingerprint density at radius 2 is 1.96 bits per heavy atom. The largest absolute Gasteiger partial charge is 0.458 e. The van der Waals surface area contributed by atoms with Crippen molar-refractivity contribution in [3.63, 3.8) is 0 Å². The molecule has 0 spiro atoms. The van der Waals surface area contributed by atoms with E-state index in [0.29, 0.717) is 6.42 Å². The molecule has 0 saturated heterocycles. The van der Waals surface area contributed by atoms with Crippen LogP contribution in [0.5, 0.6) is 5.75 Å². The van der Waals surface area contributed by atoms with Gasteiger partial charge < -0.3 is 9.47 Å². The molecule has 0 amide bonds. The monoisotopic (exact) mass is 340 g/mol. The molecule has 0 saturated carbocycles. The Bertz CT molecular complexity index is 566. The molecular weight excluding hydrogens is 323 g/mol. The Balaban J connectivity index is 2.38. The summed E-state index contributed by atoms with van der Waals surface area (Å²) in [5.74, 6) is -2.15. The minimum atomic E-state index is -0.719. The third kappa shape index (κ3) is 6.65. The first-order valence-corrected chi connectivity index (χ1v) is 7.43. The maximum atomic E-state index is 13.5. The van der Waals surface area contributed by atoms with Crippen molar-refractivity contribution >= 4 is 23.5 Å². The van der Waals surface area contributed by atoms with Crippen LogP contribution in [0.2, 0.25) is 5.02 Å². The van der Waals surface area contributed by atoms with Gasteiger partial charge in [0.2, 0.25) is 0 Å². The molecule has 124 valence electrons. The van der Waals surface area contributed by atoms with Gasteiger partial charge in [-0.3, -0.25) is 9.59 Å². The highest BCUT2D eigenvalue weighted by Gasteiger charge is 2.15. The van der Waals surface area contributed by atoms with Crippen LogP contribution in [0.3, 0.4) is 0 Å². The minimum absolute atomic E-state index is 0.0102. The first kappa shape index (κ1) is 18.9. The van der Waals surface area contributed by atoms with Gasteiger partial charge in [-0.25, -0.2) is 4.39 Å². The van der Waals surface area contributed by atoms with E-state index in [2.05, 4.69) is 13.2 Å². The lowest BCUT2D eigenvalue weighted by molar-refractivity contribution is -0.147. The fraction of sp³-hybridized carbons (Fsp3) is 0.294. The van der Waals surface area contributed by atoms with Crippen molar-refractivity contribution < 1.29 is 23.5 Å². The van der Waals surface area contributed by atoms with Gasteiger partial charge in [-0.05, 0) is 18.6 Å². The Morgan fingerprint density at radius 3 is 2.57 bits per heavy atom. The van der Waals surface area contributed by atoms with Gasteiger partial charge in [0.05, 0.1) is 5.02 Å². The molecule has 0 aliphatic carbocycles. The number of hydrogen-bond donors (Lipinski definition) is 0. The van der Waals surface area contributed by atoms with Gasteiger partial charge in [0, 0.05) is 19.3 Å². The number of ether oxygens (including phenoxy) is 2. The SMILES string of the molecule is C=CCC(C=C)OC(=O)CCCC(=O)Oc1c(F)cccc1Cl. The minimum Gasteiger partial charge on any atom is -0.458 e. The molecule has 0 heterocycles. The molecule has 0 fully saturated rings. The van der Waals surface area contributed by atoms with Crippen LogP contribution in [0.15, 0.2) is 43.5 Å². The number of carbonyl (C=O) groups excluding carboxylic acids is 2. The van der Waals surface area contributed by atoms with Crippen molar-refractivity contribution in [1.82, 2.24) is 0 Å². The third-order valence-electron chi connectivity index (χ3n) is 2.84. The highest BCUT2D eigenvalue weighted by atomic mass is 35.5. The van der Waals surface area contributed by atoms with Gasteiger partial charge in [0.1, 0.15) is 6.10 Å². The van der Waals surface area contributed by atoms with Gasteiger partial charge in [-0.15, -0.1) is 6.58 Å². The molecule has 0 aliphatic rings. The second kappa shape index (κ2) is 9.79. The average Bonchev–Trinajstić information content (AvgIpc) is 2.50. The van der Waals surface area contributed by atoms with E-state index < -0.39 is 23.9 Å². The molecule has 1 aromatic rings. The van der Waals surface area contributed by atoms with Gasteiger partial charge in [-0.2, -0.15) is 0 Å². The molecule has 6 heteroatoms. The Hall–Kier alpha value is -2.14. The van der Waals surface area contributed by atoms with Gasteiger partial charge in [0.15, 0.2) is 11.6 Å². The van der Waals surface area contributed by atoms with Crippen molar-refractivity contribution in [3.05, 3.63) is 54.3 Å². The average molecular weight is 341 g/mol. The molecule has 4 nitrogen and oxygen atoms in total. The lowest BCUT2D eigenvalue weighted by Gasteiger charge is -2.11. The van der Waals surface area contributed by atoms with Gasteiger partial charge in [0.25, 0.3) is 0 Å². The highest BCUT2D eigenvalue weighted by molar-refractivity contribution is 6.32. The van der Waals surface area contributed by atoms with E-state index in [4.69, 9.17) is 21.1 Å². The summed E-state index contributed by atoms with van der Waals surface area (Å²) >= 11 is 5.75. The van der Waals surface area contributed by atoms with Crippen LogP contribution in [0.1, 0.15) is 25.7 Å². The van der Waals surface area contributed by atoms with Crippen LogP contribution < -0.4 is 4.74 Å². The standard InChI is InChI=1S/C17H18ClFO4/c1-3-7-12(4-2)22-15(20)10-6-11-16(21)23-17-13(18)8-5-9-14(17)19/h3-5,8-9,12H,1-2,6-7,10-11H2. The molecule has 0 N–H and O–H groups in total. The molecule has 0 aromatic heterocycles. The van der Waals surface area contributed by atoms with E-state index in [9.17, 15) is 14.0 Å². The van der Waals surface area contributed by atoms with E-state index >= 15 is 0 Å². The van der Waals surface area contributed by atoms with E-state index in [-0.39, 0.29) is 30.0 Å². The van der Waals surface area contributed by atoms with Gasteiger partial charge in [-0.1, -0.05) is 36.4 Å². The predicted molar refractivity (Wildman–Crippen MR) is 85.8 cm³/mol. The lowest BCUT2D eigenvalue weighted by Crippen LogP contribution is -2.16. The second-order valence-corrected chi connectivity index (χ2v) is 5.07. The van der Waals surface area contributed by atoms with E-state index in [0.717, 1.165) is 6.07 Å². The maximum Gasteiger partial charge on any atom is 0.311 e. The zero-order valence-corrected chi connectivity index (χ0v) is 13.4. The van der Waals surface area contributed by atoms with E-state index in [1.54, 1.807) is 6.08 Å². The molecule has 1 atom stereocenters. The molecule has 0 aliphatic heterocycles. The maximum absolute atomic E-state index is 13.5. The smallest absolute Gasteiger partial charge is 0.311 e.